The summed E-state index contributed by atoms with van der Waals surface area (Å²) in [5, 5.41) is 8.94. The highest BCUT2D eigenvalue weighted by Crippen LogP contribution is 2.36. The topological polar surface area (TPSA) is 69.5 Å². The zero-order valence-corrected chi connectivity index (χ0v) is 14.5. The van der Waals surface area contributed by atoms with Crippen LogP contribution in [0, 0.1) is 41.4 Å². The van der Waals surface area contributed by atoms with E-state index in [1.165, 1.54) is 6.08 Å². The Morgan fingerprint density at radius 1 is 1.42 bits per heavy atom. The fourth-order valence-electron chi connectivity index (χ4n) is 3.84. The summed E-state index contributed by atoms with van der Waals surface area (Å²) in [6, 6.07) is 2.07. The lowest BCUT2D eigenvalue weighted by atomic mass is 9.96. The second kappa shape index (κ2) is 7.41. The average molecular weight is 357 g/mol. The molecule has 6 heteroatoms. The van der Waals surface area contributed by atoms with Crippen molar-refractivity contribution in [3.05, 3.63) is 33.5 Å². The van der Waals surface area contributed by atoms with Crippen LogP contribution in [0.15, 0.2) is 10.9 Å². The van der Waals surface area contributed by atoms with Crippen molar-refractivity contribution in [2.45, 2.75) is 50.9 Å². The molecule has 26 heavy (non-hydrogen) atoms. The van der Waals surface area contributed by atoms with E-state index in [0.29, 0.717) is 30.1 Å². The summed E-state index contributed by atoms with van der Waals surface area (Å²) < 4.78 is 29.1. The first-order valence-electron chi connectivity index (χ1n) is 8.98. The van der Waals surface area contributed by atoms with Gasteiger partial charge in [0.25, 0.3) is 11.5 Å². The number of aromatic amines is 1. The Labute approximate surface area is 151 Å². The van der Waals surface area contributed by atoms with E-state index in [4.69, 9.17) is 11.7 Å². The summed E-state index contributed by atoms with van der Waals surface area (Å²) in [5.41, 5.74) is -0.841. The molecule has 2 aliphatic rings. The Morgan fingerprint density at radius 3 is 2.92 bits per heavy atom. The highest BCUT2D eigenvalue weighted by molar-refractivity contribution is 5.52. The summed E-state index contributed by atoms with van der Waals surface area (Å²) in [6.45, 7) is 0. The lowest BCUT2D eigenvalue weighted by Crippen LogP contribution is -2.30. The van der Waals surface area contributed by atoms with E-state index in [0.717, 1.165) is 19.3 Å². The van der Waals surface area contributed by atoms with E-state index in [9.17, 15) is 13.6 Å². The monoisotopic (exact) mass is 357 g/mol. The van der Waals surface area contributed by atoms with Crippen LogP contribution in [0.2, 0.25) is 0 Å². The molecule has 0 spiro atoms. The predicted molar refractivity (Wildman–Crippen MR) is 94.1 cm³/mol. The number of allylic oxidation sites excluding steroid dienone is 1. The Bertz CT molecular complexity index is 844. The molecule has 1 heterocycles. The fraction of sp³-hybridized carbons (Fsp3) is 0.550. The van der Waals surface area contributed by atoms with Crippen molar-refractivity contribution in [2.24, 2.45) is 17.8 Å². The number of H-pyrrole nitrogens is 1. The minimum atomic E-state index is -3.27. The van der Waals surface area contributed by atoms with Crippen molar-refractivity contribution < 1.29 is 8.78 Å². The third kappa shape index (κ3) is 3.85. The first-order valence-corrected chi connectivity index (χ1v) is 8.98. The van der Waals surface area contributed by atoms with Gasteiger partial charge in [0.1, 0.15) is 0 Å². The molecular formula is C20H21F2N3O. The molecule has 1 aromatic rings. The number of alkyl halides is 2. The Balaban J connectivity index is 1.67. The van der Waals surface area contributed by atoms with Gasteiger partial charge >= 0.3 is 0 Å². The zero-order valence-electron chi connectivity index (χ0n) is 14.5. The highest BCUT2D eigenvalue weighted by atomic mass is 19.3. The number of hydrogen-bond donors (Lipinski definition) is 1. The molecule has 1 aromatic heterocycles. The fourth-order valence-corrected chi connectivity index (χ4v) is 3.84. The maximum absolute atomic E-state index is 14.6. The number of nitrogens with one attached hydrogen (secondary N) is 1. The lowest BCUT2D eigenvalue weighted by molar-refractivity contribution is -0.0225. The SMILES string of the molecule is C#CC1CCC(CCCC(F)(F)c2nc3c([nH]c2=O)CC(C#N)C=C3)C1. The van der Waals surface area contributed by atoms with Crippen molar-refractivity contribution in [2.75, 3.05) is 0 Å². The summed E-state index contributed by atoms with van der Waals surface area (Å²) in [6.07, 6.45) is 12.4. The van der Waals surface area contributed by atoms with E-state index in [-0.39, 0.29) is 18.3 Å². The number of nitriles is 1. The van der Waals surface area contributed by atoms with Crippen LogP contribution in [-0.2, 0) is 12.3 Å². The zero-order chi connectivity index (χ0) is 18.7. The number of halogens is 2. The lowest BCUT2D eigenvalue weighted by Gasteiger charge is -2.19. The van der Waals surface area contributed by atoms with E-state index in [1.54, 1.807) is 6.08 Å². The van der Waals surface area contributed by atoms with Gasteiger partial charge in [-0.1, -0.05) is 12.5 Å². The minimum absolute atomic E-state index is 0.273. The Kier molecular flexibility index (Phi) is 5.23. The molecule has 0 aliphatic heterocycles. The molecule has 2 aliphatic carbocycles. The van der Waals surface area contributed by atoms with Crippen molar-refractivity contribution >= 4 is 6.08 Å². The van der Waals surface area contributed by atoms with Crippen LogP contribution in [0.25, 0.3) is 6.08 Å². The molecular weight excluding hydrogens is 336 g/mol. The first-order chi connectivity index (χ1) is 12.4. The number of fused-ring (bicyclic) bond motifs is 1. The second-order valence-corrected chi connectivity index (χ2v) is 7.22. The molecule has 136 valence electrons. The van der Waals surface area contributed by atoms with Gasteiger partial charge in [-0.3, -0.25) is 4.79 Å². The molecule has 3 atom stereocenters. The molecule has 3 unspecified atom stereocenters. The van der Waals surface area contributed by atoms with Gasteiger partial charge in [0.15, 0.2) is 5.69 Å². The standard InChI is InChI=1S/C20H21F2N3O/c1-2-13-5-6-14(10-13)4-3-9-20(21,22)18-19(26)25-17-11-15(12-23)7-8-16(17)24-18/h1,7-8,13-15H,3-6,9-11H2,(H,25,26). The number of terminal acetylenes is 1. The highest BCUT2D eigenvalue weighted by Gasteiger charge is 2.37. The van der Waals surface area contributed by atoms with Crippen LogP contribution in [0.3, 0.4) is 0 Å². The smallest absolute Gasteiger partial charge is 0.295 e. The van der Waals surface area contributed by atoms with E-state index in [2.05, 4.69) is 22.0 Å². The molecule has 0 amide bonds. The molecule has 0 radical (unpaired) electrons. The van der Waals surface area contributed by atoms with Gasteiger partial charge in [0, 0.05) is 24.5 Å². The average Bonchev–Trinajstić information content (AvgIpc) is 3.08. The number of rotatable bonds is 5. The number of aromatic nitrogens is 2. The molecule has 0 bridgehead atoms. The second-order valence-electron chi connectivity index (χ2n) is 7.22. The van der Waals surface area contributed by atoms with Crippen LogP contribution >= 0.6 is 0 Å². The Morgan fingerprint density at radius 2 is 2.23 bits per heavy atom. The van der Waals surface area contributed by atoms with Crippen LogP contribution in [0.4, 0.5) is 8.78 Å². The van der Waals surface area contributed by atoms with Crippen LogP contribution in [0.5, 0.6) is 0 Å². The summed E-state index contributed by atoms with van der Waals surface area (Å²) >= 11 is 0. The summed E-state index contributed by atoms with van der Waals surface area (Å²) in [5.74, 6) is -0.233. The largest absolute Gasteiger partial charge is 0.322 e. The quantitative estimate of drug-likeness (QED) is 0.815. The van der Waals surface area contributed by atoms with E-state index >= 15 is 0 Å². The molecule has 0 saturated heterocycles. The number of nitrogens with zero attached hydrogens (tertiary/aromatic N) is 2. The number of hydrogen-bond acceptors (Lipinski definition) is 3. The van der Waals surface area contributed by atoms with Gasteiger partial charge in [-0.15, -0.1) is 12.3 Å². The Hall–Kier alpha value is -2.47. The van der Waals surface area contributed by atoms with E-state index in [1.807, 2.05) is 0 Å². The molecule has 1 saturated carbocycles. The normalized spacial score (nSPS) is 24.7. The van der Waals surface area contributed by atoms with Gasteiger partial charge < -0.3 is 4.98 Å². The van der Waals surface area contributed by atoms with Crippen molar-refractivity contribution in [3.8, 4) is 18.4 Å². The maximum atomic E-state index is 14.6. The van der Waals surface area contributed by atoms with Gasteiger partial charge in [0.2, 0.25) is 0 Å². The van der Waals surface area contributed by atoms with Gasteiger partial charge in [-0.2, -0.15) is 14.0 Å². The molecule has 0 aromatic carbocycles. The van der Waals surface area contributed by atoms with Gasteiger partial charge in [0.05, 0.1) is 17.7 Å². The van der Waals surface area contributed by atoms with Crippen LogP contribution < -0.4 is 5.56 Å². The predicted octanol–water partition coefficient (Wildman–Crippen LogP) is 3.79. The van der Waals surface area contributed by atoms with Crippen molar-refractivity contribution in [1.29, 1.82) is 5.26 Å². The van der Waals surface area contributed by atoms with Crippen molar-refractivity contribution in [3.63, 3.8) is 0 Å². The van der Waals surface area contributed by atoms with Gasteiger partial charge in [-0.05, 0) is 37.7 Å². The third-order valence-electron chi connectivity index (χ3n) is 5.32. The summed E-state index contributed by atoms with van der Waals surface area (Å²) in [7, 11) is 0. The molecule has 1 N–H and O–H groups in total. The maximum Gasteiger partial charge on any atom is 0.295 e. The van der Waals surface area contributed by atoms with Crippen molar-refractivity contribution in [1.82, 2.24) is 9.97 Å². The third-order valence-corrected chi connectivity index (χ3v) is 5.32. The van der Waals surface area contributed by atoms with Crippen LogP contribution in [-0.4, -0.2) is 9.97 Å². The van der Waals surface area contributed by atoms with E-state index < -0.39 is 23.6 Å². The molecule has 1 fully saturated rings. The first kappa shape index (κ1) is 18.3. The van der Waals surface area contributed by atoms with Gasteiger partial charge in [-0.25, -0.2) is 4.98 Å². The van der Waals surface area contributed by atoms with Crippen LogP contribution in [0.1, 0.15) is 55.6 Å². The summed E-state index contributed by atoms with van der Waals surface area (Å²) in [4.78, 5) is 18.5. The minimum Gasteiger partial charge on any atom is -0.322 e. The molecule has 4 nitrogen and oxygen atoms in total. The molecule has 3 rings (SSSR count).